The summed E-state index contributed by atoms with van der Waals surface area (Å²) in [7, 11) is 0. The van der Waals surface area contributed by atoms with Crippen molar-refractivity contribution in [3.8, 4) is 17.8 Å². The summed E-state index contributed by atoms with van der Waals surface area (Å²) in [6.45, 7) is 6.54. The summed E-state index contributed by atoms with van der Waals surface area (Å²) in [5.41, 5.74) is 5.60. The molecular formula is C12H18N6O2. The largest absolute Gasteiger partial charge is 0.463 e. The quantitative estimate of drug-likeness (QED) is 0.859. The number of hydrogen-bond acceptors (Lipinski definition) is 7. The molecule has 2 heterocycles. The fourth-order valence-electron chi connectivity index (χ4n) is 1.42. The Morgan fingerprint density at radius 3 is 2.65 bits per heavy atom. The number of nitrogen functional groups attached to an aromatic ring is 1. The van der Waals surface area contributed by atoms with Crippen LogP contribution < -0.4 is 15.2 Å². The van der Waals surface area contributed by atoms with Crippen LogP contribution in [0.2, 0.25) is 0 Å². The van der Waals surface area contributed by atoms with Crippen molar-refractivity contribution < 1.29 is 9.47 Å². The molecule has 0 spiro atoms. The van der Waals surface area contributed by atoms with Gasteiger partial charge in [-0.3, -0.25) is 4.68 Å². The fraction of sp³-hybridized carbons (Fsp3) is 0.500. The molecule has 0 saturated heterocycles. The second kappa shape index (κ2) is 6.18. The van der Waals surface area contributed by atoms with Crippen LogP contribution in [0, 0.1) is 0 Å². The van der Waals surface area contributed by atoms with E-state index in [2.05, 4.69) is 20.1 Å². The standard InChI is InChI=1S/C12H18N6O2/c1-4-5-19-11-15-10(13)16-12(17-11)20-9-6-14-18(7-9)8(2)3/h6-8H,4-5H2,1-3H3,(H2,13,15,16,17). The molecule has 0 aromatic carbocycles. The first-order valence-electron chi connectivity index (χ1n) is 6.45. The highest BCUT2D eigenvalue weighted by molar-refractivity contribution is 5.24. The van der Waals surface area contributed by atoms with Crippen LogP contribution in [0.3, 0.4) is 0 Å². The molecule has 0 saturated carbocycles. The van der Waals surface area contributed by atoms with Crippen LogP contribution in [0.5, 0.6) is 17.8 Å². The highest BCUT2D eigenvalue weighted by Crippen LogP contribution is 2.20. The predicted octanol–water partition coefficient (Wildman–Crippen LogP) is 1.81. The summed E-state index contributed by atoms with van der Waals surface area (Å²) in [6, 6.07) is 0.497. The van der Waals surface area contributed by atoms with Crippen molar-refractivity contribution >= 4 is 5.95 Å². The molecule has 0 radical (unpaired) electrons. The lowest BCUT2D eigenvalue weighted by atomic mass is 10.4. The number of ether oxygens (including phenoxy) is 2. The van der Waals surface area contributed by atoms with E-state index in [1.165, 1.54) is 0 Å². The van der Waals surface area contributed by atoms with Gasteiger partial charge < -0.3 is 15.2 Å². The van der Waals surface area contributed by atoms with Gasteiger partial charge in [-0.25, -0.2) is 0 Å². The molecule has 2 aromatic rings. The van der Waals surface area contributed by atoms with Crippen LogP contribution in [0.4, 0.5) is 5.95 Å². The third kappa shape index (κ3) is 3.56. The number of aromatic nitrogens is 5. The molecule has 2 rings (SSSR count). The minimum atomic E-state index is 0.0531. The summed E-state index contributed by atoms with van der Waals surface area (Å²) >= 11 is 0. The van der Waals surface area contributed by atoms with Gasteiger partial charge in [-0.2, -0.15) is 15.1 Å². The Hall–Kier alpha value is -2.38. The second-order valence-electron chi connectivity index (χ2n) is 4.46. The molecule has 0 atom stereocenters. The van der Waals surface area contributed by atoms with Gasteiger partial charge in [0.25, 0.3) is 0 Å². The molecule has 0 unspecified atom stereocenters. The van der Waals surface area contributed by atoms with Crippen LogP contribution in [-0.2, 0) is 0 Å². The van der Waals surface area contributed by atoms with Gasteiger partial charge in [0.2, 0.25) is 5.95 Å². The monoisotopic (exact) mass is 278 g/mol. The van der Waals surface area contributed by atoms with Crippen LogP contribution in [0.15, 0.2) is 12.4 Å². The summed E-state index contributed by atoms with van der Waals surface area (Å²) < 4.78 is 12.6. The Balaban J connectivity index is 2.13. The Labute approximate surface area is 117 Å². The van der Waals surface area contributed by atoms with E-state index in [0.29, 0.717) is 12.4 Å². The molecule has 0 aliphatic rings. The first-order chi connectivity index (χ1) is 9.58. The molecule has 2 N–H and O–H groups in total. The topological polar surface area (TPSA) is 101 Å². The van der Waals surface area contributed by atoms with Gasteiger partial charge in [-0.1, -0.05) is 6.92 Å². The smallest absolute Gasteiger partial charge is 0.330 e. The van der Waals surface area contributed by atoms with Crippen LogP contribution in [-0.4, -0.2) is 31.3 Å². The molecule has 8 nitrogen and oxygen atoms in total. The molecule has 0 fully saturated rings. The van der Waals surface area contributed by atoms with Gasteiger partial charge in [0.1, 0.15) is 0 Å². The highest BCUT2D eigenvalue weighted by Gasteiger charge is 2.09. The van der Waals surface area contributed by atoms with Gasteiger partial charge in [0.05, 0.1) is 19.0 Å². The average molecular weight is 278 g/mol. The third-order valence-corrected chi connectivity index (χ3v) is 2.36. The number of rotatable bonds is 6. The molecule has 0 aliphatic heterocycles. The highest BCUT2D eigenvalue weighted by atomic mass is 16.5. The van der Waals surface area contributed by atoms with E-state index in [1.807, 2.05) is 20.8 Å². The summed E-state index contributed by atoms with van der Waals surface area (Å²) in [5, 5.41) is 4.16. The number of nitrogens with zero attached hydrogens (tertiary/aromatic N) is 5. The molecule has 0 amide bonds. The van der Waals surface area contributed by atoms with Crippen molar-refractivity contribution in [2.24, 2.45) is 0 Å². The first kappa shape index (κ1) is 14.0. The van der Waals surface area contributed by atoms with E-state index in [1.54, 1.807) is 17.1 Å². The van der Waals surface area contributed by atoms with E-state index < -0.39 is 0 Å². The van der Waals surface area contributed by atoms with Crippen LogP contribution >= 0.6 is 0 Å². The summed E-state index contributed by atoms with van der Waals surface area (Å²) in [4.78, 5) is 11.8. The Bertz CT molecular complexity index is 569. The predicted molar refractivity (Wildman–Crippen MR) is 72.7 cm³/mol. The summed E-state index contributed by atoms with van der Waals surface area (Å²) in [5.74, 6) is 0.586. The van der Waals surface area contributed by atoms with E-state index in [4.69, 9.17) is 15.2 Å². The van der Waals surface area contributed by atoms with Crippen LogP contribution in [0.25, 0.3) is 0 Å². The second-order valence-corrected chi connectivity index (χ2v) is 4.46. The molecule has 0 bridgehead atoms. The zero-order valence-electron chi connectivity index (χ0n) is 11.8. The molecule has 0 aliphatic carbocycles. The molecule has 20 heavy (non-hydrogen) atoms. The zero-order valence-corrected chi connectivity index (χ0v) is 11.8. The van der Waals surface area contributed by atoms with Gasteiger partial charge in [0.15, 0.2) is 5.75 Å². The van der Waals surface area contributed by atoms with Crippen molar-refractivity contribution in [3.63, 3.8) is 0 Å². The lowest BCUT2D eigenvalue weighted by Crippen LogP contribution is -2.05. The summed E-state index contributed by atoms with van der Waals surface area (Å²) in [6.07, 6.45) is 4.20. The minimum Gasteiger partial charge on any atom is -0.463 e. The lowest BCUT2D eigenvalue weighted by Gasteiger charge is -2.06. The molecular weight excluding hydrogens is 260 g/mol. The minimum absolute atomic E-state index is 0.0531. The van der Waals surface area contributed by atoms with Crippen molar-refractivity contribution in [2.75, 3.05) is 12.3 Å². The molecule has 8 heteroatoms. The average Bonchev–Trinajstić information content (AvgIpc) is 2.84. The van der Waals surface area contributed by atoms with Gasteiger partial charge in [-0.05, 0) is 20.3 Å². The Morgan fingerprint density at radius 1 is 1.25 bits per heavy atom. The molecule has 108 valence electrons. The van der Waals surface area contributed by atoms with Crippen molar-refractivity contribution in [2.45, 2.75) is 33.2 Å². The SMILES string of the molecule is CCCOc1nc(N)nc(Oc2cnn(C(C)C)c2)n1. The lowest BCUT2D eigenvalue weighted by molar-refractivity contribution is 0.285. The van der Waals surface area contributed by atoms with Gasteiger partial charge in [-0.15, -0.1) is 4.98 Å². The number of nitrogens with two attached hydrogens (primary N) is 1. The fourth-order valence-corrected chi connectivity index (χ4v) is 1.42. The van der Waals surface area contributed by atoms with E-state index in [9.17, 15) is 0 Å². The van der Waals surface area contributed by atoms with Crippen molar-refractivity contribution in [3.05, 3.63) is 12.4 Å². The maximum Gasteiger partial charge on any atom is 0.330 e. The maximum absolute atomic E-state index is 5.60. The third-order valence-electron chi connectivity index (χ3n) is 2.36. The van der Waals surface area contributed by atoms with Gasteiger partial charge >= 0.3 is 12.0 Å². The zero-order chi connectivity index (χ0) is 14.5. The van der Waals surface area contributed by atoms with Crippen LogP contribution in [0.1, 0.15) is 33.2 Å². The van der Waals surface area contributed by atoms with Gasteiger partial charge in [0, 0.05) is 6.04 Å². The number of anilines is 1. The maximum atomic E-state index is 5.60. The normalized spacial score (nSPS) is 10.8. The first-order valence-corrected chi connectivity index (χ1v) is 6.45. The van der Waals surface area contributed by atoms with E-state index >= 15 is 0 Å². The van der Waals surface area contributed by atoms with E-state index in [-0.39, 0.29) is 24.0 Å². The number of hydrogen-bond donors (Lipinski definition) is 1. The van der Waals surface area contributed by atoms with Crippen molar-refractivity contribution in [1.82, 2.24) is 24.7 Å². The Kier molecular flexibility index (Phi) is 4.34. The Morgan fingerprint density at radius 2 is 2.00 bits per heavy atom. The van der Waals surface area contributed by atoms with E-state index in [0.717, 1.165) is 6.42 Å². The molecule has 2 aromatic heterocycles. The van der Waals surface area contributed by atoms with Crippen molar-refractivity contribution in [1.29, 1.82) is 0 Å².